The summed E-state index contributed by atoms with van der Waals surface area (Å²) < 4.78 is 15.3. The van der Waals surface area contributed by atoms with Gasteiger partial charge in [-0.3, -0.25) is 4.79 Å². The molecule has 1 aromatic carbocycles. The van der Waals surface area contributed by atoms with Gasteiger partial charge in [0.05, 0.1) is 5.69 Å². The molecule has 1 aliphatic heterocycles. The lowest BCUT2D eigenvalue weighted by atomic mass is 10.2. The largest absolute Gasteiger partial charge is 0.454 e. The molecule has 6 heteroatoms. The molecule has 0 atom stereocenters. The second-order valence-electron chi connectivity index (χ2n) is 4.56. The number of benzene rings is 1. The Hall–Kier alpha value is -3.02. The molecule has 0 radical (unpaired) electrons. The summed E-state index contributed by atoms with van der Waals surface area (Å²) in [4.78, 5) is 26.0. The third-order valence-electron chi connectivity index (χ3n) is 3.05. The molecule has 2 heterocycles. The second kappa shape index (κ2) is 6.17. The summed E-state index contributed by atoms with van der Waals surface area (Å²) in [6.07, 6.45) is 4.48. The van der Waals surface area contributed by atoms with Gasteiger partial charge in [0.25, 0.3) is 0 Å². The molecule has 0 spiro atoms. The van der Waals surface area contributed by atoms with Gasteiger partial charge in [-0.25, -0.2) is 4.79 Å². The van der Waals surface area contributed by atoms with Gasteiger partial charge in [0.15, 0.2) is 18.1 Å². The number of carbonyl (C=O) groups is 2. The van der Waals surface area contributed by atoms with Gasteiger partial charge >= 0.3 is 5.97 Å². The normalized spacial score (nSPS) is 12.5. The highest BCUT2D eigenvalue weighted by Gasteiger charge is 2.12. The van der Waals surface area contributed by atoms with Gasteiger partial charge in [0.1, 0.15) is 0 Å². The molecule has 0 bridgehead atoms. The number of H-pyrrole nitrogens is 1. The van der Waals surface area contributed by atoms with Gasteiger partial charge in [-0.2, -0.15) is 0 Å². The van der Waals surface area contributed by atoms with E-state index in [0.717, 1.165) is 5.56 Å². The van der Waals surface area contributed by atoms with E-state index in [9.17, 15) is 9.59 Å². The van der Waals surface area contributed by atoms with Gasteiger partial charge < -0.3 is 19.2 Å². The van der Waals surface area contributed by atoms with Crippen molar-refractivity contribution < 1.29 is 23.8 Å². The van der Waals surface area contributed by atoms with Crippen molar-refractivity contribution in [3.8, 4) is 11.5 Å². The molecule has 0 aliphatic carbocycles. The lowest BCUT2D eigenvalue weighted by Crippen LogP contribution is -2.12. The number of carbonyl (C=O) groups excluding carboxylic acids is 2. The van der Waals surface area contributed by atoms with Crippen LogP contribution in [0.4, 0.5) is 0 Å². The van der Waals surface area contributed by atoms with Crippen molar-refractivity contribution in [1.29, 1.82) is 0 Å². The van der Waals surface area contributed by atoms with E-state index in [1.54, 1.807) is 42.6 Å². The zero-order valence-corrected chi connectivity index (χ0v) is 11.6. The monoisotopic (exact) mass is 299 g/mol. The Bertz CT molecular complexity index is 718. The molecule has 0 unspecified atom stereocenters. The fourth-order valence-corrected chi connectivity index (χ4v) is 1.95. The van der Waals surface area contributed by atoms with Gasteiger partial charge in [-0.1, -0.05) is 6.07 Å². The molecule has 112 valence electrons. The molecular weight excluding hydrogens is 286 g/mol. The van der Waals surface area contributed by atoms with E-state index < -0.39 is 5.97 Å². The first-order chi connectivity index (χ1) is 10.7. The standard InChI is InChI=1S/C16H13NO5/c18-13(12-2-1-7-17-12)9-20-16(19)6-4-11-3-5-14-15(8-11)22-10-21-14/h1-8,17H,9-10H2/b6-4+. The Balaban J connectivity index is 1.54. The van der Waals surface area contributed by atoms with Crippen LogP contribution in [0.2, 0.25) is 0 Å². The van der Waals surface area contributed by atoms with Crippen LogP contribution in [0.15, 0.2) is 42.6 Å². The smallest absolute Gasteiger partial charge is 0.331 e. The van der Waals surface area contributed by atoms with Gasteiger partial charge in [-0.15, -0.1) is 0 Å². The summed E-state index contributed by atoms with van der Waals surface area (Å²) in [5.74, 6) is 0.445. The Morgan fingerprint density at radius 3 is 2.91 bits per heavy atom. The Morgan fingerprint density at radius 2 is 2.09 bits per heavy atom. The average Bonchev–Trinajstić information content (AvgIpc) is 3.20. The van der Waals surface area contributed by atoms with E-state index in [1.165, 1.54) is 6.08 Å². The quantitative estimate of drug-likeness (QED) is 0.520. The Kier molecular flexibility index (Phi) is 3.91. The molecule has 0 saturated carbocycles. The van der Waals surface area contributed by atoms with Gasteiger partial charge in [0.2, 0.25) is 12.6 Å². The number of rotatable bonds is 5. The zero-order valence-electron chi connectivity index (χ0n) is 11.6. The minimum absolute atomic E-state index is 0.200. The first-order valence-electron chi connectivity index (χ1n) is 6.63. The summed E-state index contributed by atoms with van der Waals surface area (Å²) in [6, 6.07) is 8.65. The molecule has 6 nitrogen and oxygen atoms in total. The fourth-order valence-electron chi connectivity index (χ4n) is 1.95. The first-order valence-corrected chi connectivity index (χ1v) is 6.63. The van der Waals surface area contributed by atoms with E-state index in [1.807, 2.05) is 0 Å². The molecule has 1 aromatic heterocycles. The molecule has 1 aliphatic rings. The maximum absolute atomic E-state index is 11.6. The summed E-state index contributed by atoms with van der Waals surface area (Å²) in [7, 11) is 0. The topological polar surface area (TPSA) is 77.6 Å². The number of aromatic amines is 1. The van der Waals surface area contributed by atoms with Crippen LogP contribution in [0.3, 0.4) is 0 Å². The van der Waals surface area contributed by atoms with Crippen LogP contribution in [0, 0.1) is 0 Å². The van der Waals surface area contributed by atoms with Crippen LogP contribution in [-0.4, -0.2) is 30.1 Å². The van der Waals surface area contributed by atoms with Crippen LogP contribution in [0.1, 0.15) is 16.1 Å². The number of hydrogen-bond donors (Lipinski definition) is 1. The Morgan fingerprint density at radius 1 is 1.23 bits per heavy atom. The third kappa shape index (κ3) is 3.17. The SMILES string of the molecule is O=C(/C=C/c1ccc2c(c1)OCO2)OCC(=O)c1ccc[nH]1. The fraction of sp³-hybridized carbons (Fsp3) is 0.125. The molecular formula is C16H13NO5. The zero-order chi connectivity index (χ0) is 15.4. The van der Waals surface area contributed by atoms with Crippen molar-refractivity contribution in [3.05, 3.63) is 53.9 Å². The maximum Gasteiger partial charge on any atom is 0.331 e. The van der Waals surface area contributed by atoms with Crippen LogP contribution in [0.25, 0.3) is 6.08 Å². The molecule has 1 N–H and O–H groups in total. The van der Waals surface area contributed by atoms with Crippen molar-refractivity contribution in [1.82, 2.24) is 4.98 Å². The van der Waals surface area contributed by atoms with Crippen LogP contribution >= 0.6 is 0 Å². The van der Waals surface area contributed by atoms with E-state index >= 15 is 0 Å². The molecule has 0 saturated heterocycles. The number of ether oxygens (including phenoxy) is 3. The van der Waals surface area contributed by atoms with E-state index in [-0.39, 0.29) is 19.2 Å². The van der Waals surface area contributed by atoms with Crippen molar-refractivity contribution in [2.75, 3.05) is 13.4 Å². The summed E-state index contributed by atoms with van der Waals surface area (Å²) in [6.45, 7) is -0.101. The third-order valence-corrected chi connectivity index (χ3v) is 3.05. The highest BCUT2D eigenvalue weighted by Crippen LogP contribution is 2.32. The summed E-state index contributed by atoms with van der Waals surface area (Å²) >= 11 is 0. The number of hydrogen-bond acceptors (Lipinski definition) is 5. The van der Waals surface area contributed by atoms with Crippen LogP contribution in [-0.2, 0) is 9.53 Å². The van der Waals surface area contributed by atoms with Crippen molar-refractivity contribution in [2.45, 2.75) is 0 Å². The first kappa shape index (κ1) is 13.9. The maximum atomic E-state index is 11.6. The van der Waals surface area contributed by atoms with E-state index in [0.29, 0.717) is 17.2 Å². The average molecular weight is 299 g/mol. The van der Waals surface area contributed by atoms with Gasteiger partial charge in [-0.05, 0) is 35.9 Å². The van der Waals surface area contributed by atoms with E-state index in [4.69, 9.17) is 14.2 Å². The van der Waals surface area contributed by atoms with Gasteiger partial charge in [0, 0.05) is 12.3 Å². The number of Topliss-reactive ketones (excluding diaryl/α,β-unsaturated/α-hetero) is 1. The predicted molar refractivity (Wildman–Crippen MR) is 77.7 cm³/mol. The van der Waals surface area contributed by atoms with Crippen molar-refractivity contribution in [3.63, 3.8) is 0 Å². The summed E-state index contributed by atoms with van der Waals surface area (Å²) in [5, 5.41) is 0. The predicted octanol–water partition coefficient (Wildman–Crippen LogP) is 2.18. The highest BCUT2D eigenvalue weighted by molar-refractivity contribution is 5.97. The molecule has 0 amide bonds. The number of nitrogens with one attached hydrogen (secondary N) is 1. The van der Waals surface area contributed by atoms with Crippen molar-refractivity contribution >= 4 is 17.8 Å². The highest BCUT2D eigenvalue weighted by atomic mass is 16.7. The molecule has 22 heavy (non-hydrogen) atoms. The number of fused-ring (bicyclic) bond motifs is 1. The minimum Gasteiger partial charge on any atom is -0.454 e. The van der Waals surface area contributed by atoms with Crippen LogP contribution < -0.4 is 9.47 Å². The van der Waals surface area contributed by atoms with E-state index in [2.05, 4.69) is 4.98 Å². The number of esters is 1. The molecule has 0 fully saturated rings. The lowest BCUT2D eigenvalue weighted by molar-refractivity contribution is -0.136. The second-order valence-corrected chi connectivity index (χ2v) is 4.56. The minimum atomic E-state index is -0.586. The molecule has 3 rings (SSSR count). The summed E-state index contributed by atoms with van der Waals surface area (Å²) in [5.41, 5.74) is 1.18. The number of ketones is 1. The lowest BCUT2D eigenvalue weighted by Gasteiger charge is -2.00. The number of aromatic nitrogens is 1. The molecule has 2 aromatic rings. The van der Waals surface area contributed by atoms with Crippen LogP contribution in [0.5, 0.6) is 11.5 Å². The van der Waals surface area contributed by atoms with Crippen molar-refractivity contribution in [2.24, 2.45) is 0 Å². The Labute approximate surface area is 126 Å².